The number of nitrogens with zero attached hydrogens (tertiary/aromatic N) is 2. The van der Waals surface area contributed by atoms with Gasteiger partial charge in [-0.25, -0.2) is 4.98 Å². The molecular weight excluding hydrogens is 194 g/mol. The van der Waals surface area contributed by atoms with Gasteiger partial charge in [0.15, 0.2) is 0 Å². The van der Waals surface area contributed by atoms with Crippen molar-refractivity contribution in [2.75, 3.05) is 0 Å². The lowest BCUT2D eigenvalue weighted by Crippen LogP contribution is -2.36. The molecule has 0 saturated heterocycles. The Hall–Kier alpha value is -1.65. The van der Waals surface area contributed by atoms with Crippen LogP contribution in [0.3, 0.4) is 0 Å². The van der Waals surface area contributed by atoms with Gasteiger partial charge in [0, 0.05) is 18.7 Å². The molecule has 2 rings (SSSR count). The average molecular weight is 207 g/mol. The molecule has 1 aromatic rings. The molecule has 5 heteroatoms. The van der Waals surface area contributed by atoms with Crippen molar-refractivity contribution in [3.63, 3.8) is 0 Å². The molecule has 80 valence electrons. The van der Waals surface area contributed by atoms with Crippen LogP contribution in [0, 0.1) is 0 Å². The van der Waals surface area contributed by atoms with Gasteiger partial charge in [0.25, 0.3) is 11.5 Å². The Morgan fingerprint density at radius 3 is 3.07 bits per heavy atom. The molecule has 0 aliphatic carbocycles. The van der Waals surface area contributed by atoms with Gasteiger partial charge in [-0.1, -0.05) is 0 Å². The SMILES string of the molecule is CC1CCCc2ncc(C(N)=O)c(=O)n21. The number of aryl methyl sites for hydroxylation is 1. The Morgan fingerprint density at radius 1 is 1.67 bits per heavy atom. The highest BCUT2D eigenvalue weighted by Crippen LogP contribution is 2.20. The molecule has 1 aliphatic rings. The fraction of sp³-hybridized carbons (Fsp3) is 0.500. The first-order valence-corrected chi connectivity index (χ1v) is 5.01. The number of amides is 1. The zero-order valence-electron chi connectivity index (χ0n) is 8.56. The molecule has 1 aliphatic heterocycles. The Bertz CT molecular complexity index is 464. The summed E-state index contributed by atoms with van der Waals surface area (Å²) in [6.07, 6.45) is 4.05. The van der Waals surface area contributed by atoms with E-state index in [1.54, 1.807) is 4.57 Å². The largest absolute Gasteiger partial charge is 0.365 e. The van der Waals surface area contributed by atoms with Crippen LogP contribution < -0.4 is 11.3 Å². The van der Waals surface area contributed by atoms with Crippen molar-refractivity contribution in [3.8, 4) is 0 Å². The van der Waals surface area contributed by atoms with Crippen molar-refractivity contribution < 1.29 is 4.79 Å². The first kappa shape index (κ1) is 9.89. The maximum Gasteiger partial charge on any atom is 0.266 e. The topological polar surface area (TPSA) is 78.0 Å². The van der Waals surface area contributed by atoms with Crippen LogP contribution in [0.4, 0.5) is 0 Å². The minimum Gasteiger partial charge on any atom is -0.365 e. The number of carbonyl (C=O) groups is 1. The summed E-state index contributed by atoms with van der Waals surface area (Å²) in [6, 6.07) is 0.105. The maximum atomic E-state index is 11.9. The molecule has 1 aromatic heterocycles. The Morgan fingerprint density at radius 2 is 2.40 bits per heavy atom. The number of hydrogen-bond acceptors (Lipinski definition) is 3. The molecule has 0 saturated carbocycles. The monoisotopic (exact) mass is 207 g/mol. The number of hydrogen-bond donors (Lipinski definition) is 1. The second kappa shape index (κ2) is 3.49. The van der Waals surface area contributed by atoms with Crippen LogP contribution in [0.1, 0.15) is 42.0 Å². The third-order valence-corrected chi connectivity index (χ3v) is 2.80. The van der Waals surface area contributed by atoms with Gasteiger partial charge in [0.1, 0.15) is 11.4 Å². The van der Waals surface area contributed by atoms with Crippen LogP contribution >= 0.6 is 0 Å². The number of nitrogens with two attached hydrogens (primary N) is 1. The van der Waals surface area contributed by atoms with Crippen LogP contribution in [0.15, 0.2) is 11.0 Å². The molecule has 0 fully saturated rings. The van der Waals surface area contributed by atoms with E-state index in [1.807, 2.05) is 6.92 Å². The molecule has 2 heterocycles. The highest BCUT2D eigenvalue weighted by molar-refractivity contribution is 5.92. The van der Waals surface area contributed by atoms with E-state index in [9.17, 15) is 9.59 Å². The summed E-state index contributed by atoms with van der Waals surface area (Å²) in [6.45, 7) is 1.95. The Balaban J connectivity index is 2.65. The third-order valence-electron chi connectivity index (χ3n) is 2.80. The molecule has 1 unspecified atom stereocenters. The van der Waals surface area contributed by atoms with Gasteiger partial charge < -0.3 is 5.73 Å². The first-order valence-electron chi connectivity index (χ1n) is 5.01. The van der Waals surface area contributed by atoms with E-state index < -0.39 is 5.91 Å². The minimum atomic E-state index is -0.708. The molecule has 1 amide bonds. The van der Waals surface area contributed by atoms with Crippen LogP contribution in [0.25, 0.3) is 0 Å². The lowest BCUT2D eigenvalue weighted by atomic mass is 10.1. The lowest BCUT2D eigenvalue weighted by Gasteiger charge is -2.23. The number of primary amides is 1. The van der Waals surface area contributed by atoms with Gasteiger partial charge in [-0.05, 0) is 19.8 Å². The third kappa shape index (κ3) is 1.54. The number of rotatable bonds is 1. The summed E-state index contributed by atoms with van der Waals surface area (Å²) < 4.78 is 1.59. The maximum absolute atomic E-state index is 11.9. The number of fused-ring (bicyclic) bond motifs is 1. The van der Waals surface area contributed by atoms with Crippen molar-refractivity contribution in [2.24, 2.45) is 5.73 Å². The normalized spacial score (nSPS) is 19.7. The van der Waals surface area contributed by atoms with E-state index >= 15 is 0 Å². The van der Waals surface area contributed by atoms with Crippen molar-refractivity contribution in [2.45, 2.75) is 32.2 Å². The standard InChI is InChI=1S/C10H13N3O2/c1-6-3-2-4-8-12-5-7(9(11)14)10(15)13(6)8/h5-6H,2-4H2,1H3,(H2,11,14). The lowest BCUT2D eigenvalue weighted by molar-refractivity contribution is 0.0997. The van der Waals surface area contributed by atoms with Crippen molar-refractivity contribution in [3.05, 3.63) is 27.9 Å². The zero-order chi connectivity index (χ0) is 11.0. The van der Waals surface area contributed by atoms with Gasteiger partial charge in [0.2, 0.25) is 0 Å². The van der Waals surface area contributed by atoms with E-state index in [1.165, 1.54) is 6.20 Å². The van der Waals surface area contributed by atoms with Crippen LogP contribution in [-0.2, 0) is 6.42 Å². The van der Waals surface area contributed by atoms with E-state index in [0.29, 0.717) is 0 Å². The molecule has 15 heavy (non-hydrogen) atoms. The van der Waals surface area contributed by atoms with Crippen LogP contribution in [0.5, 0.6) is 0 Å². The Kier molecular flexibility index (Phi) is 2.30. The van der Waals surface area contributed by atoms with Gasteiger partial charge in [-0.3, -0.25) is 14.2 Å². The van der Waals surface area contributed by atoms with Crippen molar-refractivity contribution in [1.82, 2.24) is 9.55 Å². The fourth-order valence-electron chi connectivity index (χ4n) is 2.00. The van der Waals surface area contributed by atoms with E-state index in [4.69, 9.17) is 5.73 Å². The Labute approximate surface area is 86.9 Å². The molecule has 0 bridgehead atoms. The van der Waals surface area contributed by atoms with Gasteiger partial charge in [-0.15, -0.1) is 0 Å². The second-order valence-electron chi connectivity index (χ2n) is 3.87. The summed E-state index contributed by atoms with van der Waals surface area (Å²) in [5.41, 5.74) is 4.77. The summed E-state index contributed by atoms with van der Waals surface area (Å²) in [5, 5.41) is 0. The molecule has 2 N–H and O–H groups in total. The summed E-state index contributed by atoms with van der Waals surface area (Å²) in [4.78, 5) is 27.0. The zero-order valence-corrected chi connectivity index (χ0v) is 8.56. The summed E-state index contributed by atoms with van der Waals surface area (Å²) in [5.74, 6) is 0.0457. The second-order valence-corrected chi connectivity index (χ2v) is 3.87. The van der Waals surface area contributed by atoms with Crippen LogP contribution in [-0.4, -0.2) is 15.5 Å². The van der Waals surface area contributed by atoms with Crippen LogP contribution in [0.2, 0.25) is 0 Å². The van der Waals surface area contributed by atoms with Gasteiger partial charge in [-0.2, -0.15) is 0 Å². The van der Waals surface area contributed by atoms with Crippen molar-refractivity contribution >= 4 is 5.91 Å². The highest BCUT2D eigenvalue weighted by Gasteiger charge is 2.21. The number of aromatic nitrogens is 2. The van der Waals surface area contributed by atoms with E-state index in [-0.39, 0.29) is 17.2 Å². The number of carbonyl (C=O) groups excluding carboxylic acids is 1. The van der Waals surface area contributed by atoms with Gasteiger partial charge in [0.05, 0.1) is 0 Å². The van der Waals surface area contributed by atoms with E-state index in [2.05, 4.69) is 4.98 Å². The predicted octanol–water partition coefficient (Wildman–Crippen LogP) is 0.240. The summed E-state index contributed by atoms with van der Waals surface area (Å²) in [7, 11) is 0. The first-order chi connectivity index (χ1) is 7.11. The quantitative estimate of drug-likeness (QED) is 0.716. The van der Waals surface area contributed by atoms with E-state index in [0.717, 1.165) is 25.1 Å². The minimum absolute atomic E-state index is 0.0208. The molecule has 0 aromatic carbocycles. The molecule has 1 atom stereocenters. The highest BCUT2D eigenvalue weighted by atomic mass is 16.2. The smallest absolute Gasteiger partial charge is 0.266 e. The fourth-order valence-corrected chi connectivity index (χ4v) is 2.00. The molecular formula is C10H13N3O2. The summed E-state index contributed by atoms with van der Waals surface area (Å²) >= 11 is 0. The average Bonchev–Trinajstić information content (AvgIpc) is 2.17. The molecule has 0 radical (unpaired) electrons. The van der Waals surface area contributed by atoms with Gasteiger partial charge >= 0.3 is 0 Å². The molecule has 5 nitrogen and oxygen atoms in total. The van der Waals surface area contributed by atoms with Crippen molar-refractivity contribution in [1.29, 1.82) is 0 Å². The predicted molar refractivity (Wildman–Crippen MR) is 54.7 cm³/mol. The molecule has 0 spiro atoms.